The zero-order valence-corrected chi connectivity index (χ0v) is 16.3. The monoisotopic (exact) mass is 399 g/mol. The molecule has 0 aliphatic carbocycles. The quantitative estimate of drug-likeness (QED) is 0.335. The topological polar surface area (TPSA) is 130 Å². The summed E-state index contributed by atoms with van der Waals surface area (Å²) in [6, 6.07) is 6.59. The standard InChI is InChI=1S/C17H18BN5O4S/c1-9-4-5-10(27-9)8-19-15-16(22-28(26)21-15)20-12-7-6-11(18)13(14(12)24)17(25)23(2)3/h4-7,24H,8H2,1-3H3,(H,19,21)(H,20,22). The lowest BCUT2D eigenvalue weighted by molar-refractivity contribution is 0.0826. The van der Waals surface area contributed by atoms with Crippen molar-refractivity contribution >= 4 is 41.9 Å². The molecule has 28 heavy (non-hydrogen) atoms. The number of amides is 1. The first-order chi connectivity index (χ1) is 13.3. The largest absolute Gasteiger partial charge is 0.548 e. The lowest BCUT2D eigenvalue weighted by atomic mass is 9.88. The molecule has 2 radical (unpaired) electrons. The number of anilines is 2. The minimum absolute atomic E-state index is 0.0350. The fourth-order valence-corrected chi connectivity index (χ4v) is 3.15. The third kappa shape index (κ3) is 4.10. The Morgan fingerprint density at radius 1 is 1.43 bits per heavy atom. The van der Waals surface area contributed by atoms with E-state index >= 15 is 0 Å². The van der Waals surface area contributed by atoms with Crippen molar-refractivity contribution in [2.45, 2.75) is 13.5 Å². The molecule has 0 spiro atoms. The molecular formula is C17H18BN5O4S. The number of carbonyl (C=O) groups is 1. The van der Waals surface area contributed by atoms with Crippen molar-refractivity contribution in [3.63, 3.8) is 0 Å². The summed E-state index contributed by atoms with van der Waals surface area (Å²) >= 11 is -1.71. The molecule has 0 aliphatic rings. The summed E-state index contributed by atoms with van der Waals surface area (Å²) in [7, 11) is 8.94. The van der Waals surface area contributed by atoms with E-state index in [4.69, 9.17) is 12.3 Å². The summed E-state index contributed by atoms with van der Waals surface area (Å²) in [6.45, 7) is 2.04. The van der Waals surface area contributed by atoms with E-state index < -0.39 is 17.0 Å². The van der Waals surface area contributed by atoms with E-state index in [0.29, 0.717) is 5.76 Å². The van der Waals surface area contributed by atoms with Gasteiger partial charge in [-0.15, -0.1) is 4.37 Å². The highest BCUT2D eigenvalue weighted by molar-refractivity contribution is 7.13. The van der Waals surface area contributed by atoms with Gasteiger partial charge in [0.15, 0.2) is 16.9 Å². The molecule has 3 aromatic rings. The Hall–Kier alpha value is -3.05. The second kappa shape index (κ2) is 7.91. The number of carbonyl (C=O) groups excluding carboxylic acids is 1. The maximum absolute atomic E-state index is 12.3. The number of aromatic nitrogens is 2. The van der Waals surface area contributed by atoms with E-state index in [1.807, 2.05) is 13.0 Å². The van der Waals surface area contributed by atoms with E-state index in [0.717, 1.165) is 5.76 Å². The van der Waals surface area contributed by atoms with Crippen molar-refractivity contribution < 1.29 is 18.9 Å². The number of benzene rings is 1. The maximum atomic E-state index is 12.3. The Morgan fingerprint density at radius 2 is 2.18 bits per heavy atom. The highest BCUT2D eigenvalue weighted by Crippen LogP contribution is 2.28. The van der Waals surface area contributed by atoms with Crippen molar-refractivity contribution in [3.8, 4) is 5.75 Å². The highest BCUT2D eigenvalue weighted by atomic mass is 32.2. The molecule has 1 aromatic carbocycles. The van der Waals surface area contributed by atoms with Crippen LogP contribution in [0, 0.1) is 6.92 Å². The van der Waals surface area contributed by atoms with E-state index in [-0.39, 0.29) is 40.3 Å². The first-order valence-electron chi connectivity index (χ1n) is 8.23. The van der Waals surface area contributed by atoms with E-state index in [1.54, 1.807) is 20.2 Å². The number of H-pyrrole nitrogens is 1. The summed E-state index contributed by atoms with van der Waals surface area (Å²) < 4.78 is 23.8. The van der Waals surface area contributed by atoms with Crippen molar-refractivity contribution in [1.29, 1.82) is 0 Å². The number of hydrogen-bond donors (Lipinski definition) is 3. The zero-order valence-electron chi connectivity index (χ0n) is 15.5. The molecule has 1 unspecified atom stereocenters. The van der Waals surface area contributed by atoms with Crippen LogP contribution >= 0.6 is 11.1 Å². The van der Waals surface area contributed by atoms with Crippen molar-refractivity contribution in [2.24, 2.45) is 4.99 Å². The average molecular weight is 399 g/mol. The molecule has 1 amide bonds. The van der Waals surface area contributed by atoms with Gasteiger partial charge in [0.25, 0.3) is 5.91 Å². The van der Waals surface area contributed by atoms with Gasteiger partial charge in [0.1, 0.15) is 19.4 Å². The molecule has 11 heteroatoms. The summed E-state index contributed by atoms with van der Waals surface area (Å²) in [4.78, 5) is 17.9. The normalized spacial score (nSPS) is 12.3. The minimum atomic E-state index is -1.71. The Morgan fingerprint density at radius 3 is 2.82 bits per heavy atom. The van der Waals surface area contributed by atoms with Crippen LogP contribution in [0.15, 0.2) is 33.7 Å². The molecule has 0 saturated heterocycles. The van der Waals surface area contributed by atoms with Crippen molar-refractivity contribution in [2.75, 3.05) is 19.4 Å². The number of phenolic OH excluding ortho intramolecular Hbond substituents is 1. The molecule has 0 saturated carbocycles. The van der Waals surface area contributed by atoms with Gasteiger partial charge in [-0.05, 0) is 25.1 Å². The van der Waals surface area contributed by atoms with Gasteiger partial charge >= 0.3 is 0 Å². The fraction of sp³-hybridized carbons (Fsp3) is 0.235. The first-order valence-corrected chi connectivity index (χ1v) is 9.34. The molecule has 0 fully saturated rings. The SMILES string of the molecule is [B]c1ccc(Nc2n[s+]([O-])[nH]c2=NCc2ccc(C)o2)c(O)c1C(=O)N(C)C. The van der Waals surface area contributed by atoms with Gasteiger partial charge in [-0.25, -0.2) is 0 Å². The summed E-state index contributed by atoms with van der Waals surface area (Å²) in [6.07, 6.45) is 0. The number of nitrogens with zero attached hydrogens (tertiary/aromatic N) is 3. The van der Waals surface area contributed by atoms with Gasteiger partial charge in [0.05, 0.1) is 17.8 Å². The molecule has 0 bridgehead atoms. The smallest absolute Gasteiger partial charge is 0.256 e. The van der Waals surface area contributed by atoms with Crippen LogP contribution in [0.1, 0.15) is 21.9 Å². The Kier molecular flexibility index (Phi) is 5.57. The second-order valence-corrected chi connectivity index (χ2v) is 7.10. The molecule has 1 atom stereocenters. The Labute approximate surface area is 165 Å². The van der Waals surface area contributed by atoms with Crippen LogP contribution in [0.5, 0.6) is 5.75 Å². The van der Waals surface area contributed by atoms with Crippen molar-refractivity contribution in [3.05, 3.63) is 46.8 Å². The van der Waals surface area contributed by atoms with Crippen LogP contribution in [0.3, 0.4) is 0 Å². The number of aryl methyl sites for hydroxylation is 1. The number of hydrogen-bond acceptors (Lipinski definition) is 7. The lowest BCUT2D eigenvalue weighted by Crippen LogP contribution is -2.28. The van der Waals surface area contributed by atoms with Crippen LogP contribution < -0.4 is 16.3 Å². The molecular weight excluding hydrogens is 381 g/mol. The molecule has 9 nitrogen and oxygen atoms in total. The third-order valence-electron chi connectivity index (χ3n) is 3.85. The number of nitrogens with one attached hydrogen (secondary N) is 2. The Bertz CT molecular complexity index is 1090. The number of aromatic hydroxyl groups is 1. The summed E-state index contributed by atoms with van der Waals surface area (Å²) in [5, 5.41) is 13.4. The molecule has 0 aliphatic heterocycles. The lowest BCUT2D eigenvalue weighted by Gasteiger charge is -2.16. The predicted molar refractivity (Wildman–Crippen MR) is 105 cm³/mol. The summed E-state index contributed by atoms with van der Waals surface area (Å²) in [5.74, 6) is 0.772. The van der Waals surface area contributed by atoms with Gasteiger partial charge in [0.2, 0.25) is 11.3 Å². The van der Waals surface area contributed by atoms with Crippen LogP contribution in [-0.2, 0) is 6.54 Å². The van der Waals surface area contributed by atoms with Crippen LogP contribution in [-0.4, -0.2) is 51.2 Å². The first kappa shape index (κ1) is 19.7. The summed E-state index contributed by atoms with van der Waals surface area (Å²) in [5.41, 5.74) is 0.524. The third-order valence-corrected chi connectivity index (χ3v) is 4.57. The van der Waals surface area contributed by atoms with Gasteiger partial charge in [-0.1, -0.05) is 11.5 Å². The number of aromatic amines is 1. The molecule has 144 valence electrons. The van der Waals surface area contributed by atoms with E-state index in [2.05, 4.69) is 19.1 Å². The van der Waals surface area contributed by atoms with E-state index in [1.165, 1.54) is 17.0 Å². The average Bonchev–Trinajstić information content (AvgIpc) is 3.20. The van der Waals surface area contributed by atoms with E-state index in [9.17, 15) is 14.5 Å². The van der Waals surface area contributed by atoms with Gasteiger partial charge in [0, 0.05) is 18.5 Å². The minimum Gasteiger partial charge on any atom is -0.548 e. The highest BCUT2D eigenvalue weighted by Gasteiger charge is 2.20. The van der Waals surface area contributed by atoms with Crippen LogP contribution in [0.25, 0.3) is 0 Å². The van der Waals surface area contributed by atoms with Gasteiger partial charge < -0.3 is 24.3 Å². The van der Waals surface area contributed by atoms with Crippen LogP contribution in [0.4, 0.5) is 11.5 Å². The second-order valence-electron chi connectivity index (χ2n) is 6.22. The molecule has 3 rings (SSSR count). The number of furan rings is 1. The van der Waals surface area contributed by atoms with Gasteiger partial charge in [-0.3, -0.25) is 9.79 Å². The zero-order chi connectivity index (χ0) is 20.4. The molecule has 2 heterocycles. The molecule has 3 N–H and O–H groups in total. The maximum Gasteiger partial charge on any atom is 0.256 e. The van der Waals surface area contributed by atoms with Crippen LogP contribution in [0.2, 0.25) is 0 Å². The molecule has 2 aromatic heterocycles. The Balaban J connectivity index is 1.94. The number of phenols is 1. The fourth-order valence-electron chi connectivity index (χ4n) is 2.48. The number of rotatable bonds is 5. The predicted octanol–water partition coefficient (Wildman–Crippen LogP) is 1.08. The van der Waals surface area contributed by atoms with Gasteiger partial charge in [-0.2, -0.15) is 0 Å². The van der Waals surface area contributed by atoms with Crippen molar-refractivity contribution in [1.82, 2.24) is 13.6 Å².